The molecule has 0 saturated carbocycles. The van der Waals surface area contributed by atoms with E-state index in [1.165, 1.54) is 0 Å². The molecule has 0 rings (SSSR count). The third-order valence-corrected chi connectivity index (χ3v) is 4.18. The number of aliphatic hydroxyl groups is 1. The van der Waals surface area contributed by atoms with Gasteiger partial charge in [0.1, 0.15) is 24.2 Å². The van der Waals surface area contributed by atoms with E-state index in [0.717, 1.165) is 0 Å². The Labute approximate surface area is 187 Å². The van der Waals surface area contributed by atoms with E-state index in [0.29, 0.717) is 0 Å². The number of carbonyl (C=O) groups is 7. The number of carboxylic acid groups (broad SMARTS) is 1. The molecule has 4 unspecified atom stereocenters. The van der Waals surface area contributed by atoms with Gasteiger partial charge in [0, 0.05) is 12.8 Å². The van der Waals surface area contributed by atoms with Crippen molar-refractivity contribution < 1.29 is 43.8 Å². The van der Waals surface area contributed by atoms with Gasteiger partial charge >= 0.3 is 5.97 Å². The Bertz CT molecular complexity index is 774. The molecule has 16 nitrogen and oxygen atoms in total. The second kappa shape index (κ2) is 14.3. The fourth-order valence-corrected chi connectivity index (χ4v) is 2.42. The smallest absolute Gasteiger partial charge is 0.326 e. The zero-order valence-electron chi connectivity index (χ0n) is 17.6. The second-order valence-electron chi connectivity index (χ2n) is 6.99. The van der Waals surface area contributed by atoms with E-state index in [1.807, 2.05) is 0 Å². The van der Waals surface area contributed by atoms with Gasteiger partial charge in [0.15, 0.2) is 0 Å². The molecule has 0 aromatic heterocycles. The summed E-state index contributed by atoms with van der Waals surface area (Å²) < 4.78 is 0. The molecule has 16 heteroatoms. The normalized spacial score (nSPS) is 14.1. The first kappa shape index (κ1) is 29.2. The van der Waals surface area contributed by atoms with E-state index in [1.54, 1.807) is 0 Å². The summed E-state index contributed by atoms with van der Waals surface area (Å²) in [6.45, 7) is -0.762. The maximum Gasteiger partial charge on any atom is 0.326 e. The van der Waals surface area contributed by atoms with Gasteiger partial charge in [-0.15, -0.1) is 0 Å². The van der Waals surface area contributed by atoms with Crippen molar-refractivity contribution in [1.82, 2.24) is 16.0 Å². The average molecular weight is 475 g/mol. The van der Waals surface area contributed by atoms with E-state index >= 15 is 0 Å². The van der Waals surface area contributed by atoms with Crippen molar-refractivity contribution in [2.75, 3.05) is 6.61 Å². The minimum atomic E-state index is -1.60. The third kappa shape index (κ3) is 12.0. The number of amides is 6. The fraction of sp³-hybridized carbons (Fsp3) is 0.588. The van der Waals surface area contributed by atoms with Crippen LogP contribution in [0.25, 0.3) is 0 Å². The number of hydrogen-bond donors (Lipinski definition) is 9. The van der Waals surface area contributed by atoms with Gasteiger partial charge in [-0.25, -0.2) is 4.79 Å². The molecular formula is C17H29N7O9. The molecule has 0 aliphatic rings. The maximum atomic E-state index is 12.6. The summed E-state index contributed by atoms with van der Waals surface area (Å²) in [7, 11) is 0. The van der Waals surface area contributed by atoms with Crippen LogP contribution in [0.2, 0.25) is 0 Å². The second-order valence-corrected chi connectivity index (χ2v) is 6.99. The molecule has 0 fully saturated rings. The average Bonchev–Trinajstić information content (AvgIpc) is 2.71. The van der Waals surface area contributed by atoms with Gasteiger partial charge in [-0.05, 0) is 12.8 Å². The molecule has 33 heavy (non-hydrogen) atoms. The predicted molar refractivity (Wildman–Crippen MR) is 109 cm³/mol. The highest BCUT2D eigenvalue weighted by Gasteiger charge is 2.31. The van der Waals surface area contributed by atoms with Crippen LogP contribution in [0.15, 0.2) is 0 Å². The summed E-state index contributed by atoms with van der Waals surface area (Å²) in [6.07, 6.45) is -2.14. The topological polar surface area (TPSA) is 300 Å². The van der Waals surface area contributed by atoms with Gasteiger partial charge < -0.3 is 49.1 Å². The maximum absolute atomic E-state index is 12.6. The van der Waals surface area contributed by atoms with Crippen molar-refractivity contribution in [2.45, 2.75) is 56.3 Å². The van der Waals surface area contributed by atoms with Crippen molar-refractivity contribution >= 4 is 41.4 Å². The van der Waals surface area contributed by atoms with Crippen LogP contribution in [-0.2, 0) is 33.6 Å². The highest BCUT2D eigenvalue weighted by atomic mass is 16.4. The Hall–Kier alpha value is -3.79. The van der Waals surface area contributed by atoms with Crippen molar-refractivity contribution in [3.63, 3.8) is 0 Å². The van der Waals surface area contributed by atoms with Crippen molar-refractivity contribution in [3.8, 4) is 0 Å². The number of carbonyl (C=O) groups excluding carboxylic acids is 6. The predicted octanol–water partition coefficient (Wildman–Crippen LogP) is -5.75. The molecule has 0 saturated heterocycles. The Morgan fingerprint density at radius 1 is 0.667 bits per heavy atom. The first-order valence-corrected chi connectivity index (χ1v) is 9.63. The van der Waals surface area contributed by atoms with Gasteiger partial charge in [-0.2, -0.15) is 0 Å². The summed E-state index contributed by atoms with van der Waals surface area (Å²) in [4.78, 5) is 81.7. The largest absolute Gasteiger partial charge is 0.480 e. The number of hydrogen-bond acceptors (Lipinski definition) is 9. The van der Waals surface area contributed by atoms with Gasteiger partial charge in [0.2, 0.25) is 35.4 Å². The van der Waals surface area contributed by atoms with Crippen LogP contribution in [0.3, 0.4) is 0 Å². The van der Waals surface area contributed by atoms with Crippen LogP contribution in [0.4, 0.5) is 0 Å². The van der Waals surface area contributed by atoms with Crippen LogP contribution in [0.5, 0.6) is 0 Å². The van der Waals surface area contributed by atoms with Crippen LogP contribution >= 0.6 is 0 Å². The monoisotopic (exact) mass is 475 g/mol. The summed E-state index contributed by atoms with van der Waals surface area (Å²) in [6, 6.07) is -6.06. The minimum absolute atomic E-state index is 0.341. The number of nitrogens with two attached hydrogens (primary N) is 4. The van der Waals surface area contributed by atoms with E-state index in [4.69, 9.17) is 28.0 Å². The summed E-state index contributed by atoms with van der Waals surface area (Å²) in [5.74, 6) is -7.24. The summed E-state index contributed by atoms with van der Waals surface area (Å²) in [5, 5.41) is 24.5. The number of carboxylic acids is 1. The lowest BCUT2D eigenvalue weighted by Crippen LogP contribution is -2.58. The molecule has 6 amide bonds. The van der Waals surface area contributed by atoms with Crippen LogP contribution in [0, 0.1) is 0 Å². The highest BCUT2D eigenvalue weighted by molar-refractivity contribution is 5.96. The Kier molecular flexibility index (Phi) is 12.7. The number of aliphatic hydroxyl groups excluding tert-OH is 1. The Balaban J connectivity index is 5.56. The lowest BCUT2D eigenvalue weighted by Gasteiger charge is -2.24. The molecule has 0 radical (unpaired) electrons. The molecule has 0 aromatic carbocycles. The lowest BCUT2D eigenvalue weighted by molar-refractivity contribution is -0.143. The lowest BCUT2D eigenvalue weighted by atomic mass is 10.1. The molecule has 0 aliphatic heterocycles. The van der Waals surface area contributed by atoms with E-state index < -0.39 is 78.6 Å². The first-order valence-electron chi connectivity index (χ1n) is 9.63. The van der Waals surface area contributed by atoms with Gasteiger partial charge in [0.25, 0.3) is 0 Å². The zero-order chi connectivity index (χ0) is 25.7. The standard InChI is InChI=1S/C17H29N7O9/c18-7(6-25)14(29)24-10(5-13(21)28)16(31)22-8(1-3-11(19)26)15(30)23-9(17(32)33)2-4-12(20)27/h7-10,25H,1-6,18H2,(H2,19,26)(H2,20,27)(H2,21,28)(H,22,31)(H,23,30)(H,24,29)(H,32,33). The van der Waals surface area contributed by atoms with E-state index in [-0.39, 0.29) is 25.7 Å². The third-order valence-electron chi connectivity index (χ3n) is 4.18. The number of aliphatic carboxylic acids is 1. The molecule has 0 aromatic rings. The number of nitrogens with one attached hydrogen (secondary N) is 3. The van der Waals surface area contributed by atoms with Crippen molar-refractivity contribution in [3.05, 3.63) is 0 Å². The minimum Gasteiger partial charge on any atom is -0.480 e. The quantitative estimate of drug-likeness (QED) is 0.102. The van der Waals surface area contributed by atoms with E-state index in [2.05, 4.69) is 16.0 Å². The number of primary amides is 3. The van der Waals surface area contributed by atoms with E-state index in [9.17, 15) is 38.7 Å². The first-order chi connectivity index (χ1) is 15.3. The van der Waals surface area contributed by atoms with Crippen LogP contribution in [0.1, 0.15) is 32.1 Å². The molecule has 0 bridgehead atoms. The molecule has 0 heterocycles. The highest BCUT2D eigenvalue weighted by Crippen LogP contribution is 2.04. The molecule has 4 atom stereocenters. The number of rotatable bonds is 16. The Morgan fingerprint density at radius 3 is 1.52 bits per heavy atom. The molecule has 0 aliphatic carbocycles. The van der Waals surface area contributed by atoms with Gasteiger partial charge in [-0.3, -0.25) is 28.8 Å². The summed E-state index contributed by atoms with van der Waals surface area (Å²) >= 11 is 0. The van der Waals surface area contributed by atoms with Crippen molar-refractivity contribution in [1.29, 1.82) is 0 Å². The molecule has 0 spiro atoms. The van der Waals surface area contributed by atoms with Crippen LogP contribution < -0.4 is 38.9 Å². The summed E-state index contributed by atoms with van der Waals surface area (Å²) in [5.41, 5.74) is 20.4. The molecule has 13 N–H and O–H groups in total. The van der Waals surface area contributed by atoms with Gasteiger partial charge in [-0.1, -0.05) is 0 Å². The zero-order valence-corrected chi connectivity index (χ0v) is 17.6. The molecular weight excluding hydrogens is 446 g/mol. The SMILES string of the molecule is NC(=O)CCC(NC(=O)C(CCC(N)=O)NC(=O)C(CC(N)=O)NC(=O)C(N)CO)C(=O)O. The molecule has 186 valence electrons. The van der Waals surface area contributed by atoms with Crippen molar-refractivity contribution in [2.24, 2.45) is 22.9 Å². The fourth-order valence-electron chi connectivity index (χ4n) is 2.42. The van der Waals surface area contributed by atoms with Crippen LogP contribution in [-0.4, -0.2) is 82.4 Å². The Morgan fingerprint density at radius 2 is 1.09 bits per heavy atom. The van der Waals surface area contributed by atoms with Gasteiger partial charge in [0.05, 0.1) is 13.0 Å².